The molecule has 1 aromatic heterocycles. The lowest BCUT2D eigenvalue weighted by Crippen LogP contribution is -2.27. The van der Waals surface area contributed by atoms with Gasteiger partial charge in [0, 0.05) is 5.69 Å². The predicted octanol–water partition coefficient (Wildman–Crippen LogP) is 1.91. The second kappa shape index (κ2) is 6.12. The first-order valence-corrected chi connectivity index (χ1v) is 6.92. The third-order valence-electron chi connectivity index (χ3n) is 3.35. The number of hydrogen-bond acceptors (Lipinski definition) is 4. The Balaban J connectivity index is 1.84. The lowest BCUT2D eigenvalue weighted by molar-refractivity contribution is -0.116. The van der Waals surface area contributed by atoms with Crippen molar-refractivity contribution in [2.24, 2.45) is 0 Å². The molecule has 2 aromatic carbocycles. The minimum Gasteiger partial charge on any atom is -0.325 e. The van der Waals surface area contributed by atoms with E-state index < -0.39 is 0 Å². The van der Waals surface area contributed by atoms with Crippen molar-refractivity contribution >= 4 is 22.6 Å². The number of aromatic nitrogens is 2. The normalized spacial score (nSPS) is 10.2. The summed E-state index contributed by atoms with van der Waals surface area (Å²) >= 11 is 0. The molecular weight excluding hydrogens is 292 g/mol. The first-order valence-electron chi connectivity index (χ1n) is 6.92. The van der Waals surface area contributed by atoms with Crippen LogP contribution in [0.5, 0.6) is 0 Å². The molecule has 1 amide bonds. The van der Waals surface area contributed by atoms with E-state index in [0.717, 1.165) is 0 Å². The minimum absolute atomic E-state index is 0.109. The van der Waals surface area contributed by atoms with E-state index in [4.69, 9.17) is 5.26 Å². The number of nitrogens with one attached hydrogen (secondary N) is 1. The highest BCUT2D eigenvalue weighted by Crippen LogP contribution is 2.10. The highest BCUT2D eigenvalue weighted by molar-refractivity contribution is 5.91. The van der Waals surface area contributed by atoms with Gasteiger partial charge in [-0.1, -0.05) is 12.1 Å². The Hall–Kier alpha value is -3.46. The fourth-order valence-electron chi connectivity index (χ4n) is 2.25. The molecule has 0 atom stereocenters. The standard InChI is InChI=1S/C17H12N4O2/c18-9-12-5-7-13(8-6-12)20-16(22)11-21-15-4-2-1-3-14(15)19-10-17(21)23/h1-8,10H,11H2,(H,20,22). The van der Waals surface area contributed by atoms with E-state index >= 15 is 0 Å². The molecule has 0 aliphatic heterocycles. The molecule has 6 nitrogen and oxygen atoms in total. The maximum Gasteiger partial charge on any atom is 0.269 e. The first-order chi connectivity index (χ1) is 11.2. The van der Waals surface area contributed by atoms with Crippen LogP contribution in [0.3, 0.4) is 0 Å². The third kappa shape index (κ3) is 3.09. The van der Waals surface area contributed by atoms with E-state index in [0.29, 0.717) is 22.3 Å². The Morgan fingerprint density at radius 3 is 2.65 bits per heavy atom. The zero-order valence-electron chi connectivity index (χ0n) is 12.1. The summed E-state index contributed by atoms with van der Waals surface area (Å²) in [5, 5.41) is 11.5. The third-order valence-corrected chi connectivity index (χ3v) is 3.35. The number of hydrogen-bond donors (Lipinski definition) is 1. The summed E-state index contributed by atoms with van der Waals surface area (Å²) in [5.74, 6) is -0.326. The summed E-state index contributed by atoms with van der Waals surface area (Å²) in [6.07, 6.45) is 1.21. The van der Waals surface area contributed by atoms with Gasteiger partial charge < -0.3 is 5.32 Å². The van der Waals surface area contributed by atoms with Crippen LogP contribution in [-0.2, 0) is 11.3 Å². The van der Waals surface area contributed by atoms with Gasteiger partial charge in [-0.25, -0.2) is 4.98 Å². The molecule has 0 aliphatic rings. The molecule has 1 heterocycles. The number of nitrogens with zero attached hydrogens (tertiary/aromatic N) is 3. The van der Waals surface area contributed by atoms with Crippen LogP contribution < -0.4 is 10.9 Å². The molecule has 1 N–H and O–H groups in total. The summed E-state index contributed by atoms with van der Waals surface area (Å²) in [6, 6.07) is 15.7. The number of carbonyl (C=O) groups is 1. The van der Waals surface area contributed by atoms with Crippen molar-refractivity contribution in [3.63, 3.8) is 0 Å². The molecule has 0 unspecified atom stereocenters. The fraction of sp³-hybridized carbons (Fsp3) is 0.0588. The van der Waals surface area contributed by atoms with Gasteiger partial charge in [-0.05, 0) is 36.4 Å². The van der Waals surface area contributed by atoms with Crippen molar-refractivity contribution < 1.29 is 4.79 Å². The van der Waals surface area contributed by atoms with Gasteiger partial charge in [0.1, 0.15) is 6.54 Å². The molecule has 0 spiro atoms. The largest absolute Gasteiger partial charge is 0.325 e. The van der Waals surface area contributed by atoms with Gasteiger partial charge >= 0.3 is 0 Å². The summed E-state index contributed by atoms with van der Waals surface area (Å²) in [6.45, 7) is -0.109. The highest BCUT2D eigenvalue weighted by atomic mass is 16.2. The Kier molecular flexibility index (Phi) is 3.85. The van der Waals surface area contributed by atoms with Crippen LogP contribution in [-0.4, -0.2) is 15.5 Å². The van der Waals surface area contributed by atoms with Crippen molar-refractivity contribution in [2.75, 3.05) is 5.32 Å². The molecule has 6 heteroatoms. The Morgan fingerprint density at radius 2 is 1.91 bits per heavy atom. The maximum atomic E-state index is 12.2. The van der Waals surface area contributed by atoms with Gasteiger partial charge in [-0.3, -0.25) is 14.2 Å². The minimum atomic E-state index is -0.335. The van der Waals surface area contributed by atoms with Crippen LogP contribution in [0.4, 0.5) is 5.69 Å². The molecule has 0 bridgehead atoms. The average molecular weight is 304 g/mol. The molecule has 0 fully saturated rings. The lowest BCUT2D eigenvalue weighted by Gasteiger charge is -2.10. The monoisotopic (exact) mass is 304 g/mol. The number of rotatable bonds is 3. The summed E-state index contributed by atoms with van der Waals surface area (Å²) < 4.78 is 1.38. The number of nitriles is 1. The topological polar surface area (TPSA) is 87.8 Å². The summed E-state index contributed by atoms with van der Waals surface area (Å²) in [4.78, 5) is 28.2. The zero-order chi connectivity index (χ0) is 16.2. The van der Waals surface area contributed by atoms with Crippen LogP contribution in [0.25, 0.3) is 11.0 Å². The van der Waals surface area contributed by atoms with Gasteiger partial charge in [0.25, 0.3) is 5.56 Å². The van der Waals surface area contributed by atoms with Crippen LogP contribution >= 0.6 is 0 Å². The molecule has 0 radical (unpaired) electrons. The average Bonchev–Trinajstić information content (AvgIpc) is 2.58. The van der Waals surface area contributed by atoms with Gasteiger partial charge in [0.15, 0.2) is 0 Å². The molecule has 3 aromatic rings. The van der Waals surface area contributed by atoms with Crippen molar-refractivity contribution in [2.45, 2.75) is 6.54 Å². The highest BCUT2D eigenvalue weighted by Gasteiger charge is 2.09. The van der Waals surface area contributed by atoms with E-state index in [9.17, 15) is 9.59 Å². The van der Waals surface area contributed by atoms with E-state index in [-0.39, 0.29) is 18.0 Å². The van der Waals surface area contributed by atoms with Crippen molar-refractivity contribution in [1.82, 2.24) is 9.55 Å². The predicted molar refractivity (Wildman–Crippen MR) is 85.8 cm³/mol. The van der Waals surface area contributed by atoms with Gasteiger partial charge in [0.05, 0.1) is 28.9 Å². The van der Waals surface area contributed by atoms with Crippen molar-refractivity contribution in [3.8, 4) is 6.07 Å². The van der Waals surface area contributed by atoms with Crippen molar-refractivity contribution in [3.05, 3.63) is 70.6 Å². The second-order valence-electron chi connectivity index (χ2n) is 4.91. The second-order valence-corrected chi connectivity index (χ2v) is 4.91. The first kappa shape index (κ1) is 14.5. The van der Waals surface area contributed by atoms with Crippen LogP contribution in [0, 0.1) is 11.3 Å². The molecule has 23 heavy (non-hydrogen) atoms. The number of carbonyl (C=O) groups excluding carboxylic acids is 1. The Labute approximate surface area is 131 Å². The number of amides is 1. The summed E-state index contributed by atoms with van der Waals surface area (Å²) in [7, 11) is 0. The quantitative estimate of drug-likeness (QED) is 0.800. The Bertz CT molecular complexity index is 968. The fourth-order valence-corrected chi connectivity index (χ4v) is 2.25. The number of anilines is 1. The van der Waals surface area contributed by atoms with E-state index in [1.54, 1.807) is 42.5 Å². The smallest absolute Gasteiger partial charge is 0.269 e. The number of fused-ring (bicyclic) bond motifs is 1. The number of para-hydroxylation sites is 2. The lowest BCUT2D eigenvalue weighted by atomic mass is 10.2. The molecule has 3 rings (SSSR count). The maximum absolute atomic E-state index is 12.2. The zero-order valence-corrected chi connectivity index (χ0v) is 12.1. The molecule has 0 saturated carbocycles. The van der Waals surface area contributed by atoms with Gasteiger partial charge in [0.2, 0.25) is 5.91 Å². The molecule has 0 saturated heterocycles. The van der Waals surface area contributed by atoms with E-state index in [1.165, 1.54) is 10.8 Å². The van der Waals surface area contributed by atoms with Crippen LogP contribution in [0.1, 0.15) is 5.56 Å². The summed E-state index contributed by atoms with van der Waals surface area (Å²) in [5.41, 5.74) is 2.01. The van der Waals surface area contributed by atoms with Gasteiger partial charge in [-0.15, -0.1) is 0 Å². The van der Waals surface area contributed by atoms with E-state index in [2.05, 4.69) is 10.3 Å². The van der Waals surface area contributed by atoms with E-state index in [1.807, 2.05) is 12.1 Å². The molecule has 0 aliphatic carbocycles. The Morgan fingerprint density at radius 1 is 1.17 bits per heavy atom. The van der Waals surface area contributed by atoms with Gasteiger partial charge in [-0.2, -0.15) is 5.26 Å². The van der Waals surface area contributed by atoms with Crippen molar-refractivity contribution in [1.29, 1.82) is 5.26 Å². The SMILES string of the molecule is N#Cc1ccc(NC(=O)Cn2c(=O)cnc3ccccc32)cc1. The molecule has 112 valence electrons. The van der Waals surface area contributed by atoms with Crippen LogP contribution in [0.15, 0.2) is 59.5 Å². The number of benzene rings is 2. The molecular formula is C17H12N4O2. The van der Waals surface area contributed by atoms with Crippen LogP contribution in [0.2, 0.25) is 0 Å².